The quantitative estimate of drug-likeness (QED) is 0.896. The van der Waals surface area contributed by atoms with Crippen molar-refractivity contribution in [1.82, 2.24) is 10.3 Å². The highest BCUT2D eigenvalue weighted by Crippen LogP contribution is 2.31. The number of nitrogens with zero attached hydrogens (tertiary/aromatic N) is 1. The lowest BCUT2D eigenvalue weighted by Gasteiger charge is -2.01. The molecule has 1 aromatic carbocycles. The molecule has 98 valence electrons. The molecule has 1 amide bonds. The average Bonchev–Trinajstić information content (AvgIpc) is 3.00. The molecule has 0 aliphatic carbocycles. The molecule has 0 saturated heterocycles. The number of thiazole rings is 1. The Hall–Kier alpha value is -1.72. The fourth-order valence-electron chi connectivity index (χ4n) is 2.17. The van der Waals surface area contributed by atoms with Crippen LogP contribution in [0.2, 0.25) is 0 Å². The smallest absolute Gasteiger partial charge is 0.228 e. The first-order valence-corrected chi connectivity index (χ1v) is 7.10. The van der Waals surface area contributed by atoms with Gasteiger partial charge in [-0.1, -0.05) is 6.07 Å². The summed E-state index contributed by atoms with van der Waals surface area (Å²) in [6, 6.07) is 6.10. The summed E-state index contributed by atoms with van der Waals surface area (Å²) < 4.78 is 0. The molecular formula is C14H15N3OS. The Labute approximate surface area is 115 Å². The molecule has 2 N–H and O–H groups in total. The molecular weight excluding hydrogens is 258 g/mol. The Morgan fingerprint density at radius 2 is 2.37 bits per heavy atom. The van der Waals surface area contributed by atoms with E-state index in [0.717, 1.165) is 39.7 Å². The molecule has 3 rings (SSSR count). The van der Waals surface area contributed by atoms with Crippen molar-refractivity contribution in [1.29, 1.82) is 0 Å². The van der Waals surface area contributed by atoms with E-state index in [-0.39, 0.29) is 5.91 Å². The van der Waals surface area contributed by atoms with Crippen molar-refractivity contribution in [2.45, 2.75) is 12.8 Å². The zero-order chi connectivity index (χ0) is 13.2. The van der Waals surface area contributed by atoms with E-state index in [2.05, 4.69) is 21.7 Å². The highest BCUT2D eigenvalue weighted by Gasteiger charge is 2.18. The third-order valence-corrected chi connectivity index (χ3v) is 4.26. The molecule has 19 heavy (non-hydrogen) atoms. The SMILES string of the molecule is CNCCc1ncc(-c2ccc3c(c2)CC(=O)N3)s1. The van der Waals surface area contributed by atoms with Crippen LogP contribution >= 0.6 is 11.3 Å². The fraction of sp³-hybridized carbons (Fsp3) is 0.286. The maximum absolute atomic E-state index is 11.3. The van der Waals surface area contributed by atoms with Crippen LogP contribution in [0.3, 0.4) is 0 Å². The molecule has 0 unspecified atom stereocenters. The van der Waals surface area contributed by atoms with Gasteiger partial charge in [-0.3, -0.25) is 4.79 Å². The molecule has 4 nitrogen and oxygen atoms in total. The van der Waals surface area contributed by atoms with E-state index in [4.69, 9.17) is 0 Å². The molecule has 0 saturated carbocycles. The fourth-order valence-corrected chi connectivity index (χ4v) is 3.09. The van der Waals surface area contributed by atoms with Gasteiger partial charge in [-0.05, 0) is 30.3 Å². The Bertz CT molecular complexity index is 621. The van der Waals surface area contributed by atoms with Crippen molar-refractivity contribution in [2.75, 3.05) is 18.9 Å². The van der Waals surface area contributed by atoms with Crippen LogP contribution in [0.15, 0.2) is 24.4 Å². The van der Waals surface area contributed by atoms with E-state index in [1.165, 1.54) is 0 Å². The zero-order valence-electron chi connectivity index (χ0n) is 10.7. The van der Waals surface area contributed by atoms with Gasteiger partial charge in [0.25, 0.3) is 0 Å². The highest BCUT2D eigenvalue weighted by atomic mass is 32.1. The lowest BCUT2D eigenvalue weighted by atomic mass is 10.1. The second-order valence-electron chi connectivity index (χ2n) is 4.57. The van der Waals surface area contributed by atoms with Gasteiger partial charge in [0.1, 0.15) is 0 Å². The predicted molar refractivity (Wildman–Crippen MR) is 77.5 cm³/mol. The van der Waals surface area contributed by atoms with Crippen LogP contribution in [0.25, 0.3) is 10.4 Å². The molecule has 5 heteroatoms. The monoisotopic (exact) mass is 273 g/mol. The lowest BCUT2D eigenvalue weighted by molar-refractivity contribution is -0.115. The first-order valence-electron chi connectivity index (χ1n) is 6.29. The first-order chi connectivity index (χ1) is 9.26. The number of aromatic nitrogens is 1. The number of hydrogen-bond acceptors (Lipinski definition) is 4. The van der Waals surface area contributed by atoms with Crippen molar-refractivity contribution in [3.63, 3.8) is 0 Å². The van der Waals surface area contributed by atoms with Gasteiger partial charge in [0.05, 0.1) is 16.3 Å². The molecule has 0 atom stereocenters. The minimum absolute atomic E-state index is 0.0752. The summed E-state index contributed by atoms with van der Waals surface area (Å²) in [5.41, 5.74) is 3.16. The minimum Gasteiger partial charge on any atom is -0.326 e. The predicted octanol–water partition coefficient (Wildman–Crippen LogP) is 2.07. The van der Waals surface area contributed by atoms with Crippen molar-refractivity contribution in [2.24, 2.45) is 0 Å². The minimum atomic E-state index is 0.0752. The summed E-state index contributed by atoms with van der Waals surface area (Å²) >= 11 is 1.72. The molecule has 2 aromatic rings. The number of likely N-dealkylation sites (N-methyl/N-ethyl adjacent to an activating group) is 1. The van der Waals surface area contributed by atoms with Gasteiger partial charge in [-0.2, -0.15) is 0 Å². The van der Waals surface area contributed by atoms with Crippen LogP contribution in [0.5, 0.6) is 0 Å². The molecule has 0 fully saturated rings. The van der Waals surface area contributed by atoms with E-state index >= 15 is 0 Å². The summed E-state index contributed by atoms with van der Waals surface area (Å²) in [6.07, 6.45) is 3.35. The summed E-state index contributed by atoms with van der Waals surface area (Å²) in [6.45, 7) is 0.940. The van der Waals surface area contributed by atoms with Crippen molar-refractivity contribution in [3.8, 4) is 10.4 Å². The molecule has 0 bridgehead atoms. The maximum atomic E-state index is 11.3. The number of rotatable bonds is 4. The summed E-state index contributed by atoms with van der Waals surface area (Å²) in [4.78, 5) is 16.9. The third-order valence-electron chi connectivity index (χ3n) is 3.16. The van der Waals surface area contributed by atoms with E-state index in [1.54, 1.807) is 11.3 Å². The van der Waals surface area contributed by atoms with Gasteiger partial charge in [0.2, 0.25) is 5.91 Å². The van der Waals surface area contributed by atoms with Gasteiger partial charge >= 0.3 is 0 Å². The Morgan fingerprint density at radius 3 is 3.21 bits per heavy atom. The normalized spacial score (nSPS) is 13.4. The van der Waals surface area contributed by atoms with Crippen molar-refractivity contribution in [3.05, 3.63) is 35.0 Å². The first kappa shape index (κ1) is 12.3. The highest BCUT2D eigenvalue weighted by molar-refractivity contribution is 7.15. The number of amides is 1. The van der Waals surface area contributed by atoms with Crippen molar-refractivity contribution < 1.29 is 4.79 Å². The van der Waals surface area contributed by atoms with Crippen LogP contribution in [-0.4, -0.2) is 24.5 Å². The van der Waals surface area contributed by atoms with Crippen LogP contribution in [0.4, 0.5) is 5.69 Å². The molecule has 1 aromatic heterocycles. The van der Waals surface area contributed by atoms with E-state index < -0.39 is 0 Å². The second-order valence-corrected chi connectivity index (χ2v) is 5.68. The molecule has 2 heterocycles. The van der Waals surface area contributed by atoms with Crippen LogP contribution < -0.4 is 10.6 Å². The number of carbonyl (C=O) groups is 1. The van der Waals surface area contributed by atoms with Crippen LogP contribution in [-0.2, 0) is 17.6 Å². The van der Waals surface area contributed by atoms with E-state index in [1.807, 2.05) is 25.4 Å². The summed E-state index contributed by atoms with van der Waals surface area (Å²) in [7, 11) is 1.94. The van der Waals surface area contributed by atoms with Crippen LogP contribution in [0, 0.1) is 0 Å². The third kappa shape index (κ3) is 2.52. The maximum Gasteiger partial charge on any atom is 0.228 e. The molecule has 1 aliphatic heterocycles. The summed E-state index contributed by atoms with van der Waals surface area (Å²) in [5, 5.41) is 7.11. The summed E-state index contributed by atoms with van der Waals surface area (Å²) in [5.74, 6) is 0.0752. The van der Waals surface area contributed by atoms with Crippen LogP contribution in [0.1, 0.15) is 10.6 Å². The average molecular weight is 273 g/mol. The Balaban J connectivity index is 1.84. The number of benzene rings is 1. The molecule has 1 aliphatic rings. The molecule has 0 spiro atoms. The zero-order valence-corrected chi connectivity index (χ0v) is 11.5. The Kier molecular flexibility index (Phi) is 3.31. The Morgan fingerprint density at radius 1 is 1.47 bits per heavy atom. The number of hydrogen-bond donors (Lipinski definition) is 2. The lowest BCUT2D eigenvalue weighted by Crippen LogP contribution is -2.09. The topological polar surface area (TPSA) is 54.0 Å². The number of anilines is 1. The van der Waals surface area contributed by atoms with Gasteiger partial charge < -0.3 is 10.6 Å². The number of carbonyl (C=O) groups excluding carboxylic acids is 1. The van der Waals surface area contributed by atoms with Gasteiger partial charge in [-0.25, -0.2) is 4.98 Å². The van der Waals surface area contributed by atoms with Gasteiger partial charge in [-0.15, -0.1) is 11.3 Å². The second kappa shape index (κ2) is 5.11. The van der Waals surface area contributed by atoms with Crippen molar-refractivity contribution >= 4 is 22.9 Å². The number of nitrogens with one attached hydrogen (secondary N) is 2. The number of fused-ring (bicyclic) bond motifs is 1. The molecule has 0 radical (unpaired) electrons. The largest absolute Gasteiger partial charge is 0.326 e. The van der Waals surface area contributed by atoms with E-state index in [9.17, 15) is 4.79 Å². The van der Waals surface area contributed by atoms with Gasteiger partial charge in [0, 0.05) is 24.8 Å². The standard InChI is InChI=1S/C14H15N3OS/c1-15-5-4-14-16-8-12(19-14)9-2-3-11-10(6-9)7-13(18)17-11/h2-3,6,8,15H,4-5,7H2,1H3,(H,17,18). The van der Waals surface area contributed by atoms with Gasteiger partial charge in [0.15, 0.2) is 0 Å². The van der Waals surface area contributed by atoms with E-state index in [0.29, 0.717) is 6.42 Å².